The maximum Gasteiger partial charge on any atom is 0.308 e. The molecule has 0 aliphatic heterocycles. The van der Waals surface area contributed by atoms with Crippen molar-refractivity contribution in [3.8, 4) is 0 Å². The molecule has 23 heavy (non-hydrogen) atoms. The first-order chi connectivity index (χ1) is 11.1. The number of aliphatic imine (C=N–C) groups is 1. The predicted octanol–water partition coefficient (Wildman–Crippen LogP) is 2.99. The maximum absolute atomic E-state index is 11.6. The SMILES string of the molecule is COC(=O)C1CCC(CN=C2CCCC=C2NC(=O)CBr)CC1. The number of carbonyl (C=O) groups is 2. The summed E-state index contributed by atoms with van der Waals surface area (Å²) in [6.45, 7) is 0.782. The Labute approximate surface area is 146 Å². The Morgan fingerprint density at radius 2 is 2.09 bits per heavy atom. The standard InChI is InChI=1S/C17H25BrN2O3/c1-23-17(22)13-8-6-12(7-9-13)11-19-14-4-2-3-5-15(14)20-16(21)10-18/h5,12-13H,2-4,6-11H2,1H3,(H,20,21). The summed E-state index contributed by atoms with van der Waals surface area (Å²) in [7, 11) is 1.46. The van der Waals surface area contributed by atoms with E-state index in [1.54, 1.807) is 0 Å². The van der Waals surface area contributed by atoms with Gasteiger partial charge in [-0.05, 0) is 50.9 Å². The van der Waals surface area contributed by atoms with Gasteiger partial charge in [0.1, 0.15) is 0 Å². The van der Waals surface area contributed by atoms with Crippen LogP contribution in [0.5, 0.6) is 0 Å². The van der Waals surface area contributed by atoms with E-state index in [9.17, 15) is 9.59 Å². The normalized spacial score (nSPS) is 26.5. The molecule has 6 heteroatoms. The van der Waals surface area contributed by atoms with Crippen molar-refractivity contribution in [2.24, 2.45) is 16.8 Å². The van der Waals surface area contributed by atoms with Crippen molar-refractivity contribution in [1.82, 2.24) is 5.32 Å². The number of amides is 1. The Kier molecular flexibility index (Phi) is 7.27. The quantitative estimate of drug-likeness (QED) is 0.585. The highest BCUT2D eigenvalue weighted by atomic mass is 79.9. The van der Waals surface area contributed by atoms with E-state index >= 15 is 0 Å². The van der Waals surface area contributed by atoms with Crippen LogP contribution in [0.3, 0.4) is 0 Å². The minimum Gasteiger partial charge on any atom is -0.469 e. The van der Waals surface area contributed by atoms with Gasteiger partial charge in [-0.15, -0.1) is 0 Å². The molecule has 1 amide bonds. The van der Waals surface area contributed by atoms with E-state index in [0.29, 0.717) is 11.2 Å². The molecule has 0 radical (unpaired) electrons. The van der Waals surface area contributed by atoms with E-state index in [1.807, 2.05) is 0 Å². The minimum atomic E-state index is -0.0789. The fraction of sp³-hybridized carbons (Fsp3) is 0.706. The fourth-order valence-electron chi connectivity index (χ4n) is 3.23. The van der Waals surface area contributed by atoms with Gasteiger partial charge in [-0.25, -0.2) is 0 Å². The Balaban J connectivity index is 1.87. The molecule has 1 N–H and O–H groups in total. The Bertz CT molecular complexity index is 494. The molecule has 0 heterocycles. The van der Waals surface area contributed by atoms with Crippen molar-refractivity contribution >= 4 is 33.5 Å². The largest absolute Gasteiger partial charge is 0.469 e. The van der Waals surface area contributed by atoms with E-state index in [0.717, 1.165) is 62.9 Å². The van der Waals surface area contributed by atoms with Gasteiger partial charge in [0.25, 0.3) is 0 Å². The van der Waals surface area contributed by atoms with E-state index in [2.05, 4.69) is 27.3 Å². The number of hydrogen-bond acceptors (Lipinski definition) is 4. The van der Waals surface area contributed by atoms with Crippen LogP contribution in [0, 0.1) is 11.8 Å². The molecule has 0 aromatic carbocycles. The summed E-state index contributed by atoms with van der Waals surface area (Å²) in [5, 5.41) is 3.22. The third kappa shape index (κ3) is 5.44. The number of carbonyl (C=O) groups excluding carboxylic acids is 2. The third-order valence-corrected chi connectivity index (χ3v) is 5.10. The average molecular weight is 385 g/mol. The molecule has 128 valence electrons. The van der Waals surface area contributed by atoms with Crippen LogP contribution in [0.15, 0.2) is 16.8 Å². The summed E-state index contributed by atoms with van der Waals surface area (Å²) in [6.07, 6.45) is 8.88. The lowest BCUT2D eigenvalue weighted by Gasteiger charge is -2.26. The molecule has 0 aromatic heterocycles. The van der Waals surface area contributed by atoms with Gasteiger partial charge in [0, 0.05) is 6.54 Å². The highest BCUT2D eigenvalue weighted by molar-refractivity contribution is 9.09. The van der Waals surface area contributed by atoms with Gasteiger partial charge in [0.2, 0.25) is 5.91 Å². The van der Waals surface area contributed by atoms with E-state index in [-0.39, 0.29) is 17.8 Å². The number of allylic oxidation sites excluding steroid dienone is 2. The number of ether oxygens (including phenoxy) is 1. The first-order valence-corrected chi connectivity index (χ1v) is 9.43. The summed E-state index contributed by atoms with van der Waals surface area (Å²) in [5.41, 5.74) is 1.89. The zero-order valence-corrected chi connectivity index (χ0v) is 15.2. The van der Waals surface area contributed by atoms with Crippen molar-refractivity contribution in [2.75, 3.05) is 19.0 Å². The molecule has 0 bridgehead atoms. The van der Waals surface area contributed by atoms with Crippen LogP contribution in [-0.2, 0) is 14.3 Å². The van der Waals surface area contributed by atoms with Crippen LogP contribution >= 0.6 is 15.9 Å². The summed E-state index contributed by atoms with van der Waals surface area (Å²) in [6, 6.07) is 0. The van der Waals surface area contributed by atoms with Crippen LogP contribution in [-0.4, -0.2) is 36.6 Å². The second-order valence-electron chi connectivity index (χ2n) is 6.22. The predicted molar refractivity (Wildman–Crippen MR) is 93.6 cm³/mol. The second kappa shape index (κ2) is 9.21. The second-order valence-corrected chi connectivity index (χ2v) is 6.78. The molecule has 0 saturated heterocycles. The van der Waals surface area contributed by atoms with Gasteiger partial charge < -0.3 is 10.1 Å². The lowest BCUT2D eigenvalue weighted by molar-refractivity contribution is -0.146. The van der Waals surface area contributed by atoms with Gasteiger partial charge in [-0.3, -0.25) is 14.6 Å². The van der Waals surface area contributed by atoms with E-state index in [4.69, 9.17) is 9.73 Å². The average Bonchev–Trinajstić information content (AvgIpc) is 2.60. The molecule has 5 nitrogen and oxygen atoms in total. The number of esters is 1. The smallest absolute Gasteiger partial charge is 0.308 e. The van der Waals surface area contributed by atoms with Gasteiger partial charge in [0.15, 0.2) is 0 Å². The van der Waals surface area contributed by atoms with Gasteiger partial charge in [0.05, 0.1) is 29.8 Å². The Hall–Kier alpha value is -1.17. The first kappa shape index (κ1) is 18.2. The van der Waals surface area contributed by atoms with Crippen LogP contribution in [0.4, 0.5) is 0 Å². The fourth-order valence-corrected chi connectivity index (χ4v) is 3.37. The van der Waals surface area contributed by atoms with Crippen LogP contribution < -0.4 is 5.32 Å². The van der Waals surface area contributed by atoms with Gasteiger partial charge in [-0.1, -0.05) is 22.0 Å². The Morgan fingerprint density at radius 3 is 2.74 bits per heavy atom. The molecule has 0 unspecified atom stereocenters. The lowest BCUT2D eigenvalue weighted by Crippen LogP contribution is -2.30. The van der Waals surface area contributed by atoms with Crippen LogP contribution in [0.1, 0.15) is 44.9 Å². The minimum absolute atomic E-state index is 0.0376. The van der Waals surface area contributed by atoms with Gasteiger partial charge in [-0.2, -0.15) is 0 Å². The Morgan fingerprint density at radius 1 is 1.35 bits per heavy atom. The monoisotopic (exact) mass is 384 g/mol. The molecule has 1 fully saturated rings. The topological polar surface area (TPSA) is 67.8 Å². The zero-order valence-electron chi connectivity index (χ0n) is 13.6. The number of nitrogens with one attached hydrogen (secondary N) is 1. The molecule has 0 spiro atoms. The lowest BCUT2D eigenvalue weighted by atomic mass is 9.82. The summed E-state index contributed by atoms with van der Waals surface area (Å²) in [4.78, 5) is 27.9. The summed E-state index contributed by atoms with van der Waals surface area (Å²) >= 11 is 3.17. The summed E-state index contributed by atoms with van der Waals surface area (Å²) < 4.78 is 4.82. The van der Waals surface area contributed by atoms with Crippen LogP contribution in [0.2, 0.25) is 0 Å². The van der Waals surface area contributed by atoms with Crippen molar-refractivity contribution in [2.45, 2.75) is 44.9 Å². The van der Waals surface area contributed by atoms with E-state index in [1.165, 1.54) is 7.11 Å². The summed E-state index contributed by atoms with van der Waals surface area (Å²) in [5.74, 6) is 0.472. The number of alkyl halides is 1. The van der Waals surface area contributed by atoms with Crippen molar-refractivity contribution in [3.05, 3.63) is 11.8 Å². The highest BCUT2D eigenvalue weighted by Gasteiger charge is 2.26. The van der Waals surface area contributed by atoms with Crippen LogP contribution in [0.25, 0.3) is 0 Å². The number of methoxy groups -OCH3 is 1. The first-order valence-electron chi connectivity index (χ1n) is 8.31. The molecule has 0 atom stereocenters. The molecular formula is C17H25BrN2O3. The van der Waals surface area contributed by atoms with Crippen molar-refractivity contribution < 1.29 is 14.3 Å². The molecule has 0 aromatic rings. The number of rotatable bonds is 5. The van der Waals surface area contributed by atoms with E-state index < -0.39 is 0 Å². The maximum atomic E-state index is 11.6. The molecule has 1 saturated carbocycles. The van der Waals surface area contributed by atoms with Gasteiger partial charge >= 0.3 is 5.97 Å². The molecule has 2 aliphatic rings. The number of nitrogens with zero attached hydrogens (tertiary/aromatic N) is 1. The molecule has 2 rings (SSSR count). The number of halogens is 1. The third-order valence-electron chi connectivity index (χ3n) is 4.59. The highest BCUT2D eigenvalue weighted by Crippen LogP contribution is 2.30. The zero-order chi connectivity index (χ0) is 16.7. The van der Waals surface area contributed by atoms with Crippen molar-refractivity contribution in [1.29, 1.82) is 0 Å². The molecular weight excluding hydrogens is 360 g/mol. The molecule has 2 aliphatic carbocycles. The van der Waals surface area contributed by atoms with Crippen molar-refractivity contribution in [3.63, 3.8) is 0 Å². The number of hydrogen-bond donors (Lipinski definition) is 1.